The molecule has 0 saturated carbocycles. The monoisotopic (exact) mass is 272 g/mol. The zero-order chi connectivity index (χ0) is 14.7. The Bertz CT molecular complexity index is 339. The lowest BCUT2D eigenvalue weighted by molar-refractivity contribution is -0.237. The van der Waals surface area contributed by atoms with Crippen molar-refractivity contribution in [3.63, 3.8) is 0 Å². The minimum Gasteiger partial charge on any atom is -0.462 e. The molecule has 5 heteroatoms. The third-order valence-electron chi connectivity index (χ3n) is 3.49. The normalized spacial score (nSPS) is 30.7. The molecule has 0 spiro atoms. The van der Waals surface area contributed by atoms with Crippen LogP contribution in [0, 0.1) is 17.8 Å². The van der Waals surface area contributed by atoms with Crippen LogP contribution >= 0.6 is 0 Å². The molecule has 1 heterocycles. The van der Waals surface area contributed by atoms with Crippen LogP contribution in [0.25, 0.3) is 0 Å². The lowest BCUT2D eigenvalue weighted by atomic mass is 9.84. The van der Waals surface area contributed by atoms with Gasteiger partial charge in [-0.25, -0.2) is 0 Å². The molecule has 1 fully saturated rings. The van der Waals surface area contributed by atoms with Gasteiger partial charge in [0.05, 0.1) is 12.0 Å². The molecule has 5 nitrogen and oxygen atoms in total. The van der Waals surface area contributed by atoms with E-state index in [2.05, 4.69) is 0 Å². The van der Waals surface area contributed by atoms with Gasteiger partial charge >= 0.3 is 11.9 Å². The SMILES string of the molecule is CC(=O)O[C@H](C(C)C)[C@H](C)[C@@H]1O[C@H](C)OC(=O)[C@H]1C. The molecule has 0 aliphatic carbocycles. The number of cyclic esters (lactones) is 1. The zero-order valence-electron chi connectivity index (χ0n) is 12.5. The summed E-state index contributed by atoms with van der Waals surface area (Å²) < 4.78 is 16.1. The maximum absolute atomic E-state index is 11.7. The first kappa shape index (κ1) is 16.0. The number of hydrogen-bond acceptors (Lipinski definition) is 5. The van der Waals surface area contributed by atoms with E-state index in [-0.39, 0.29) is 41.9 Å². The minimum absolute atomic E-state index is 0.0748. The van der Waals surface area contributed by atoms with Crippen LogP contribution in [0.4, 0.5) is 0 Å². The van der Waals surface area contributed by atoms with Crippen LogP contribution < -0.4 is 0 Å². The van der Waals surface area contributed by atoms with E-state index in [0.29, 0.717) is 0 Å². The van der Waals surface area contributed by atoms with Gasteiger partial charge in [-0.3, -0.25) is 9.59 Å². The highest BCUT2D eigenvalue weighted by molar-refractivity contribution is 5.73. The summed E-state index contributed by atoms with van der Waals surface area (Å²) in [6.07, 6.45) is -1.13. The van der Waals surface area contributed by atoms with E-state index in [1.54, 1.807) is 13.8 Å². The summed E-state index contributed by atoms with van der Waals surface area (Å²) >= 11 is 0. The standard InChI is InChI=1S/C14H24O5/c1-7(2)12(17-10(5)15)8(3)13-9(4)14(16)19-11(6)18-13/h7-9,11-13H,1-6H3/t8-,9-,11-,12+,13-/m0/s1. The Hall–Kier alpha value is -1.10. The molecule has 0 amide bonds. The Morgan fingerprint density at radius 1 is 1.26 bits per heavy atom. The van der Waals surface area contributed by atoms with Crippen LogP contribution in [0.1, 0.15) is 41.5 Å². The molecule has 1 aliphatic heterocycles. The average Bonchev–Trinajstić information content (AvgIpc) is 2.29. The quantitative estimate of drug-likeness (QED) is 0.734. The second kappa shape index (κ2) is 6.37. The molecule has 1 saturated heterocycles. The molecule has 0 aromatic carbocycles. The summed E-state index contributed by atoms with van der Waals surface area (Å²) in [6.45, 7) is 10.8. The third kappa shape index (κ3) is 3.93. The van der Waals surface area contributed by atoms with Gasteiger partial charge in [0.25, 0.3) is 0 Å². The van der Waals surface area contributed by atoms with Gasteiger partial charge in [-0.1, -0.05) is 20.8 Å². The number of rotatable bonds is 4. The van der Waals surface area contributed by atoms with Crippen LogP contribution in [0.3, 0.4) is 0 Å². The molecule has 1 rings (SSSR count). The van der Waals surface area contributed by atoms with E-state index in [1.807, 2.05) is 20.8 Å². The number of carbonyl (C=O) groups excluding carboxylic acids is 2. The molecule has 0 aromatic rings. The second-order valence-electron chi connectivity index (χ2n) is 5.57. The molecule has 0 aromatic heterocycles. The Morgan fingerprint density at radius 2 is 1.84 bits per heavy atom. The van der Waals surface area contributed by atoms with Gasteiger partial charge in [0, 0.05) is 12.8 Å². The van der Waals surface area contributed by atoms with Crippen molar-refractivity contribution in [2.24, 2.45) is 17.8 Å². The topological polar surface area (TPSA) is 61.8 Å². The van der Waals surface area contributed by atoms with E-state index in [0.717, 1.165) is 0 Å². The first-order valence-electron chi connectivity index (χ1n) is 6.77. The van der Waals surface area contributed by atoms with Crippen molar-refractivity contribution in [1.82, 2.24) is 0 Å². The van der Waals surface area contributed by atoms with Crippen LogP contribution in [0.5, 0.6) is 0 Å². The van der Waals surface area contributed by atoms with E-state index in [4.69, 9.17) is 14.2 Å². The maximum atomic E-state index is 11.7. The number of ether oxygens (including phenoxy) is 3. The van der Waals surface area contributed by atoms with Gasteiger partial charge < -0.3 is 14.2 Å². The Labute approximate surface area is 114 Å². The van der Waals surface area contributed by atoms with Gasteiger partial charge in [0.15, 0.2) is 6.29 Å². The molecule has 19 heavy (non-hydrogen) atoms. The summed E-state index contributed by atoms with van der Waals surface area (Å²) in [6, 6.07) is 0. The van der Waals surface area contributed by atoms with Crippen molar-refractivity contribution in [3.05, 3.63) is 0 Å². The first-order chi connectivity index (χ1) is 8.73. The summed E-state index contributed by atoms with van der Waals surface area (Å²) in [5, 5.41) is 0. The summed E-state index contributed by atoms with van der Waals surface area (Å²) in [5.41, 5.74) is 0. The van der Waals surface area contributed by atoms with Gasteiger partial charge in [-0.05, 0) is 19.8 Å². The predicted octanol–water partition coefficient (Wildman–Crippen LogP) is 2.13. The molecule has 0 N–H and O–H groups in total. The molecule has 5 atom stereocenters. The van der Waals surface area contributed by atoms with Crippen LogP contribution in [0.15, 0.2) is 0 Å². The molecule has 1 aliphatic rings. The van der Waals surface area contributed by atoms with Gasteiger partial charge in [-0.2, -0.15) is 0 Å². The summed E-state index contributed by atoms with van der Waals surface area (Å²) in [5.74, 6) is -0.856. The van der Waals surface area contributed by atoms with Crippen molar-refractivity contribution < 1.29 is 23.8 Å². The smallest absolute Gasteiger partial charge is 0.313 e. The lowest BCUT2D eigenvalue weighted by Crippen LogP contribution is -2.49. The molecule has 0 unspecified atom stereocenters. The zero-order valence-corrected chi connectivity index (χ0v) is 12.5. The number of hydrogen-bond donors (Lipinski definition) is 0. The Balaban J connectivity index is 2.85. The van der Waals surface area contributed by atoms with Crippen LogP contribution in [-0.2, 0) is 23.8 Å². The van der Waals surface area contributed by atoms with E-state index in [1.165, 1.54) is 6.92 Å². The molecule has 110 valence electrons. The Morgan fingerprint density at radius 3 is 2.32 bits per heavy atom. The van der Waals surface area contributed by atoms with Crippen LogP contribution in [-0.4, -0.2) is 30.4 Å². The highest BCUT2D eigenvalue weighted by atomic mass is 16.7. The molecule has 0 bridgehead atoms. The fourth-order valence-corrected chi connectivity index (χ4v) is 2.58. The highest BCUT2D eigenvalue weighted by Crippen LogP contribution is 2.31. The fraction of sp³-hybridized carbons (Fsp3) is 0.857. The summed E-state index contributed by atoms with van der Waals surface area (Å²) in [4.78, 5) is 22.9. The van der Waals surface area contributed by atoms with E-state index in [9.17, 15) is 9.59 Å². The Kier molecular flexibility index (Phi) is 5.35. The second-order valence-corrected chi connectivity index (χ2v) is 5.57. The van der Waals surface area contributed by atoms with E-state index >= 15 is 0 Å². The first-order valence-corrected chi connectivity index (χ1v) is 6.77. The fourth-order valence-electron chi connectivity index (χ4n) is 2.58. The van der Waals surface area contributed by atoms with Gasteiger partial charge in [0.2, 0.25) is 0 Å². The van der Waals surface area contributed by atoms with Gasteiger partial charge in [0.1, 0.15) is 6.10 Å². The largest absolute Gasteiger partial charge is 0.462 e. The van der Waals surface area contributed by atoms with Gasteiger partial charge in [-0.15, -0.1) is 0 Å². The number of carbonyl (C=O) groups is 2. The average molecular weight is 272 g/mol. The number of esters is 2. The highest BCUT2D eigenvalue weighted by Gasteiger charge is 2.42. The van der Waals surface area contributed by atoms with Crippen LogP contribution in [0.2, 0.25) is 0 Å². The molecular weight excluding hydrogens is 248 g/mol. The van der Waals surface area contributed by atoms with Crippen molar-refractivity contribution in [3.8, 4) is 0 Å². The van der Waals surface area contributed by atoms with Crippen molar-refractivity contribution in [2.45, 2.75) is 60.0 Å². The predicted molar refractivity (Wildman–Crippen MR) is 69.1 cm³/mol. The molecule has 0 radical (unpaired) electrons. The van der Waals surface area contributed by atoms with Crippen molar-refractivity contribution in [2.75, 3.05) is 0 Å². The minimum atomic E-state index is -0.554. The van der Waals surface area contributed by atoms with Crippen molar-refractivity contribution in [1.29, 1.82) is 0 Å². The lowest BCUT2D eigenvalue weighted by Gasteiger charge is -2.39. The molecular formula is C14H24O5. The maximum Gasteiger partial charge on any atom is 0.313 e. The summed E-state index contributed by atoms with van der Waals surface area (Å²) in [7, 11) is 0. The van der Waals surface area contributed by atoms with E-state index < -0.39 is 6.29 Å². The van der Waals surface area contributed by atoms with Crippen molar-refractivity contribution >= 4 is 11.9 Å². The third-order valence-corrected chi connectivity index (χ3v) is 3.49.